The summed E-state index contributed by atoms with van der Waals surface area (Å²) in [7, 11) is 4.75. The number of nitrogens with one attached hydrogen (secondary N) is 1. The Morgan fingerprint density at radius 3 is 2.63 bits per heavy atom. The lowest BCUT2D eigenvalue weighted by molar-refractivity contribution is 0.327. The van der Waals surface area contributed by atoms with Gasteiger partial charge in [-0.1, -0.05) is 0 Å². The number of methoxy groups -OCH3 is 3. The summed E-state index contributed by atoms with van der Waals surface area (Å²) in [5.74, 6) is 3.29. The molecule has 1 N–H and O–H groups in total. The van der Waals surface area contributed by atoms with Crippen molar-refractivity contribution in [2.24, 2.45) is 0 Å². The molecule has 0 unspecified atom stereocenters. The van der Waals surface area contributed by atoms with Gasteiger partial charge < -0.3 is 19.5 Å². The van der Waals surface area contributed by atoms with Gasteiger partial charge in [-0.2, -0.15) is 11.8 Å². The standard InChI is InChI=1S/C18H22N4O3S2/c1-23-13-7-12-15(17(25-3)16(13)24-2)20-10-21-18(12)19-6-5-11-8-27-14(22-11)9-26-4/h7-8,10H,5-6,9H2,1-4H3,(H,19,20,21). The first-order valence-electron chi connectivity index (χ1n) is 8.31. The molecule has 0 aliphatic heterocycles. The predicted octanol–water partition coefficient (Wildman–Crippen LogP) is 3.63. The zero-order valence-corrected chi connectivity index (χ0v) is 17.4. The van der Waals surface area contributed by atoms with E-state index in [2.05, 4.69) is 31.9 Å². The summed E-state index contributed by atoms with van der Waals surface area (Å²) in [5.41, 5.74) is 1.76. The van der Waals surface area contributed by atoms with E-state index in [1.165, 1.54) is 6.33 Å². The minimum Gasteiger partial charge on any atom is -0.493 e. The van der Waals surface area contributed by atoms with Crippen LogP contribution >= 0.6 is 23.1 Å². The molecule has 9 heteroatoms. The van der Waals surface area contributed by atoms with Crippen LogP contribution in [0.25, 0.3) is 10.9 Å². The third-order valence-electron chi connectivity index (χ3n) is 3.97. The van der Waals surface area contributed by atoms with E-state index >= 15 is 0 Å². The van der Waals surface area contributed by atoms with Crippen LogP contribution in [0.15, 0.2) is 17.8 Å². The molecule has 0 amide bonds. The van der Waals surface area contributed by atoms with Crippen LogP contribution in [0.1, 0.15) is 10.7 Å². The molecule has 0 spiro atoms. The number of fused-ring (bicyclic) bond motifs is 1. The number of hydrogen-bond acceptors (Lipinski definition) is 9. The van der Waals surface area contributed by atoms with Gasteiger partial charge in [-0.05, 0) is 12.3 Å². The van der Waals surface area contributed by atoms with E-state index in [4.69, 9.17) is 14.2 Å². The molecule has 0 fully saturated rings. The normalized spacial score (nSPS) is 10.8. The molecular formula is C18H22N4O3S2. The van der Waals surface area contributed by atoms with Gasteiger partial charge in [0.25, 0.3) is 0 Å². The monoisotopic (exact) mass is 406 g/mol. The van der Waals surface area contributed by atoms with E-state index in [0.29, 0.717) is 29.3 Å². The highest BCUT2D eigenvalue weighted by molar-refractivity contribution is 7.97. The fourth-order valence-corrected chi connectivity index (χ4v) is 4.32. The summed E-state index contributed by atoms with van der Waals surface area (Å²) in [6.45, 7) is 0.714. The molecule has 3 rings (SSSR count). The van der Waals surface area contributed by atoms with E-state index in [9.17, 15) is 0 Å². The number of hydrogen-bond donors (Lipinski definition) is 1. The van der Waals surface area contributed by atoms with Crippen LogP contribution in [-0.2, 0) is 12.2 Å². The number of thioether (sulfide) groups is 1. The Labute approximate surface area is 166 Å². The second kappa shape index (κ2) is 9.09. The highest BCUT2D eigenvalue weighted by Crippen LogP contribution is 2.43. The predicted molar refractivity (Wildman–Crippen MR) is 111 cm³/mol. The molecule has 2 heterocycles. The molecule has 27 heavy (non-hydrogen) atoms. The Morgan fingerprint density at radius 2 is 1.93 bits per heavy atom. The Bertz CT molecular complexity index is 917. The Morgan fingerprint density at radius 1 is 1.11 bits per heavy atom. The van der Waals surface area contributed by atoms with Gasteiger partial charge in [-0.3, -0.25) is 0 Å². The Balaban J connectivity index is 1.83. The highest BCUT2D eigenvalue weighted by atomic mass is 32.2. The van der Waals surface area contributed by atoms with Crippen molar-refractivity contribution >= 4 is 39.8 Å². The average molecular weight is 407 g/mol. The summed E-state index contributed by atoms with van der Waals surface area (Å²) in [4.78, 5) is 13.4. The van der Waals surface area contributed by atoms with Gasteiger partial charge in [0.1, 0.15) is 22.7 Å². The van der Waals surface area contributed by atoms with Crippen molar-refractivity contribution in [3.63, 3.8) is 0 Å². The minimum absolute atomic E-state index is 0.515. The third kappa shape index (κ3) is 4.19. The topological polar surface area (TPSA) is 78.4 Å². The quantitative estimate of drug-likeness (QED) is 0.577. The first-order chi connectivity index (χ1) is 13.2. The molecule has 0 radical (unpaired) electrons. The summed E-state index contributed by atoms with van der Waals surface area (Å²) < 4.78 is 16.4. The SMILES string of the molecule is COc1cc2c(NCCc3csc(CSC)n3)ncnc2c(OC)c1OC. The van der Waals surface area contributed by atoms with Crippen LogP contribution in [0, 0.1) is 0 Å². The van der Waals surface area contributed by atoms with Crippen molar-refractivity contribution in [1.29, 1.82) is 0 Å². The number of aromatic nitrogens is 3. The van der Waals surface area contributed by atoms with E-state index in [-0.39, 0.29) is 0 Å². The molecule has 1 aromatic carbocycles. The zero-order valence-electron chi connectivity index (χ0n) is 15.7. The molecule has 0 bridgehead atoms. The van der Waals surface area contributed by atoms with Gasteiger partial charge in [0.15, 0.2) is 11.5 Å². The molecule has 0 atom stereocenters. The second-order valence-electron chi connectivity index (χ2n) is 5.61. The maximum atomic E-state index is 5.51. The van der Waals surface area contributed by atoms with Gasteiger partial charge in [0.2, 0.25) is 5.75 Å². The molecule has 2 aromatic heterocycles. The molecule has 0 saturated carbocycles. The fraction of sp³-hybridized carbons (Fsp3) is 0.389. The van der Waals surface area contributed by atoms with Crippen molar-refractivity contribution in [2.75, 3.05) is 39.4 Å². The number of anilines is 1. The lowest BCUT2D eigenvalue weighted by Gasteiger charge is -2.15. The number of thiazole rings is 1. The number of benzene rings is 1. The molecule has 3 aromatic rings. The van der Waals surface area contributed by atoms with Crippen LogP contribution in [0.2, 0.25) is 0 Å². The van der Waals surface area contributed by atoms with Gasteiger partial charge in [-0.15, -0.1) is 11.3 Å². The van der Waals surface area contributed by atoms with Crippen LogP contribution in [0.4, 0.5) is 5.82 Å². The third-order valence-corrected chi connectivity index (χ3v) is 5.62. The first-order valence-corrected chi connectivity index (χ1v) is 10.6. The Kier molecular flexibility index (Phi) is 6.57. The van der Waals surface area contributed by atoms with Gasteiger partial charge in [-0.25, -0.2) is 15.0 Å². The maximum Gasteiger partial charge on any atom is 0.205 e. The van der Waals surface area contributed by atoms with Crippen LogP contribution < -0.4 is 19.5 Å². The Hall–Kier alpha value is -2.26. The van der Waals surface area contributed by atoms with Crippen molar-refractivity contribution in [2.45, 2.75) is 12.2 Å². The van der Waals surface area contributed by atoms with Crippen molar-refractivity contribution in [1.82, 2.24) is 15.0 Å². The van der Waals surface area contributed by atoms with Gasteiger partial charge in [0.05, 0.1) is 32.4 Å². The van der Waals surface area contributed by atoms with Crippen LogP contribution in [0.3, 0.4) is 0 Å². The highest BCUT2D eigenvalue weighted by Gasteiger charge is 2.19. The van der Waals surface area contributed by atoms with E-state index in [1.807, 2.05) is 6.07 Å². The second-order valence-corrected chi connectivity index (χ2v) is 7.41. The average Bonchev–Trinajstić information content (AvgIpc) is 3.14. The molecule has 0 aliphatic carbocycles. The lowest BCUT2D eigenvalue weighted by atomic mass is 10.1. The van der Waals surface area contributed by atoms with Gasteiger partial charge >= 0.3 is 0 Å². The summed E-state index contributed by atoms with van der Waals surface area (Å²) in [6.07, 6.45) is 4.42. The largest absolute Gasteiger partial charge is 0.493 e. The molecule has 144 valence electrons. The van der Waals surface area contributed by atoms with Crippen molar-refractivity contribution in [3.8, 4) is 17.2 Å². The lowest BCUT2D eigenvalue weighted by Crippen LogP contribution is -2.08. The molecule has 7 nitrogen and oxygen atoms in total. The van der Waals surface area contributed by atoms with Gasteiger partial charge in [0, 0.05) is 24.1 Å². The summed E-state index contributed by atoms with van der Waals surface area (Å²) >= 11 is 3.49. The van der Waals surface area contributed by atoms with E-state index < -0.39 is 0 Å². The van der Waals surface area contributed by atoms with E-state index in [0.717, 1.165) is 34.1 Å². The number of rotatable bonds is 9. The number of nitrogens with zero attached hydrogens (tertiary/aromatic N) is 3. The summed E-state index contributed by atoms with van der Waals surface area (Å²) in [6, 6.07) is 1.86. The number of ether oxygens (including phenoxy) is 3. The minimum atomic E-state index is 0.515. The maximum absolute atomic E-state index is 5.51. The van der Waals surface area contributed by atoms with Crippen molar-refractivity contribution in [3.05, 3.63) is 28.5 Å². The fourth-order valence-electron chi connectivity index (χ4n) is 2.77. The van der Waals surface area contributed by atoms with Crippen molar-refractivity contribution < 1.29 is 14.2 Å². The molecule has 0 saturated heterocycles. The van der Waals surface area contributed by atoms with E-state index in [1.54, 1.807) is 44.4 Å². The zero-order chi connectivity index (χ0) is 19.2. The first kappa shape index (κ1) is 19.5. The molecule has 0 aliphatic rings. The van der Waals surface area contributed by atoms with Crippen LogP contribution in [-0.4, -0.2) is 49.1 Å². The molecular weight excluding hydrogens is 384 g/mol. The van der Waals surface area contributed by atoms with Crippen LogP contribution in [0.5, 0.6) is 17.2 Å². The smallest absolute Gasteiger partial charge is 0.205 e. The summed E-state index contributed by atoms with van der Waals surface area (Å²) in [5, 5.41) is 7.46.